The molecule has 0 saturated heterocycles. The minimum atomic E-state index is -4.12. The van der Waals surface area contributed by atoms with Crippen LogP contribution in [-0.2, 0) is 26.2 Å². The SMILES string of the molecule is CC[C@H](C(=O)N[C@@H](C)CC)N(Cc1ccccc1Cl)C(=O)CN(c1cccc(Br)c1)S(=O)(=O)c1ccccc1. The third kappa shape index (κ3) is 7.84. The zero-order valence-electron chi connectivity index (χ0n) is 22.2. The summed E-state index contributed by atoms with van der Waals surface area (Å²) in [7, 11) is -4.12. The van der Waals surface area contributed by atoms with Crippen LogP contribution in [0.3, 0.4) is 0 Å². The van der Waals surface area contributed by atoms with Gasteiger partial charge < -0.3 is 10.2 Å². The van der Waals surface area contributed by atoms with E-state index in [0.29, 0.717) is 27.2 Å². The number of benzene rings is 3. The van der Waals surface area contributed by atoms with E-state index in [4.69, 9.17) is 11.6 Å². The third-order valence-corrected chi connectivity index (χ3v) is 9.04. The Bertz CT molecular complexity index is 1390. The van der Waals surface area contributed by atoms with Crippen molar-refractivity contribution in [1.29, 1.82) is 0 Å². The van der Waals surface area contributed by atoms with Crippen LogP contribution in [0.15, 0.2) is 88.2 Å². The van der Waals surface area contributed by atoms with Gasteiger partial charge in [-0.1, -0.05) is 83.8 Å². The molecule has 0 aliphatic heterocycles. The Labute approximate surface area is 244 Å². The molecule has 0 bridgehead atoms. The summed E-state index contributed by atoms with van der Waals surface area (Å²) >= 11 is 9.83. The van der Waals surface area contributed by atoms with E-state index in [1.54, 1.807) is 66.7 Å². The Kier molecular flexibility index (Phi) is 11.0. The Morgan fingerprint density at radius 2 is 1.62 bits per heavy atom. The van der Waals surface area contributed by atoms with E-state index in [1.807, 2.05) is 20.8 Å². The van der Waals surface area contributed by atoms with Crippen molar-refractivity contribution in [3.8, 4) is 0 Å². The van der Waals surface area contributed by atoms with Crippen LogP contribution >= 0.6 is 27.5 Å². The molecule has 0 aliphatic rings. The fourth-order valence-electron chi connectivity index (χ4n) is 4.05. The Balaban J connectivity index is 2.06. The summed E-state index contributed by atoms with van der Waals surface area (Å²) in [6.07, 6.45) is 1.06. The van der Waals surface area contributed by atoms with Gasteiger partial charge in [-0.15, -0.1) is 0 Å². The number of sulfonamides is 1. The highest BCUT2D eigenvalue weighted by Gasteiger charge is 2.34. The molecule has 0 aromatic heterocycles. The molecule has 3 aromatic rings. The number of nitrogens with zero attached hydrogens (tertiary/aromatic N) is 2. The predicted molar refractivity (Wildman–Crippen MR) is 159 cm³/mol. The zero-order valence-corrected chi connectivity index (χ0v) is 25.3. The maximum Gasteiger partial charge on any atom is 0.264 e. The first-order chi connectivity index (χ1) is 18.6. The van der Waals surface area contributed by atoms with Gasteiger partial charge in [0.05, 0.1) is 10.6 Å². The molecule has 1 N–H and O–H groups in total. The highest BCUT2D eigenvalue weighted by Crippen LogP contribution is 2.27. The van der Waals surface area contributed by atoms with Gasteiger partial charge in [0.25, 0.3) is 10.0 Å². The number of anilines is 1. The standard InChI is InChI=1S/C29H33BrClN3O4S/c1-4-21(3)32-29(36)27(5-2)33(19-22-12-9-10-17-26(22)31)28(35)20-34(24-14-11-13-23(30)18-24)39(37,38)25-15-7-6-8-16-25/h6-18,21,27H,4-5,19-20H2,1-3H3,(H,32,36)/t21-,27+/m0/s1. The van der Waals surface area contributed by atoms with E-state index in [1.165, 1.54) is 17.0 Å². The molecule has 0 saturated carbocycles. The summed E-state index contributed by atoms with van der Waals surface area (Å²) in [5.41, 5.74) is 0.971. The second-order valence-electron chi connectivity index (χ2n) is 9.16. The fourth-order valence-corrected chi connectivity index (χ4v) is 6.06. The van der Waals surface area contributed by atoms with Crippen LogP contribution in [0.1, 0.15) is 39.2 Å². The van der Waals surface area contributed by atoms with E-state index in [2.05, 4.69) is 21.2 Å². The minimum Gasteiger partial charge on any atom is -0.352 e. The van der Waals surface area contributed by atoms with Crippen molar-refractivity contribution in [2.75, 3.05) is 10.8 Å². The Hall–Kier alpha value is -2.88. The molecule has 0 radical (unpaired) electrons. The van der Waals surface area contributed by atoms with Gasteiger partial charge in [0.1, 0.15) is 12.6 Å². The molecule has 0 heterocycles. The molecule has 0 spiro atoms. The van der Waals surface area contributed by atoms with E-state index in [9.17, 15) is 18.0 Å². The number of amides is 2. The highest BCUT2D eigenvalue weighted by atomic mass is 79.9. The molecular formula is C29H33BrClN3O4S. The summed E-state index contributed by atoms with van der Waals surface area (Å²) in [6, 6.07) is 20.9. The predicted octanol–water partition coefficient (Wildman–Crippen LogP) is 6.02. The van der Waals surface area contributed by atoms with Crippen molar-refractivity contribution in [3.05, 3.63) is 93.9 Å². The maximum absolute atomic E-state index is 14.1. The van der Waals surface area contributed by atoms with Gasteiger partial charge in [0.15, 0.2) is 0 Å². The number of carbonyl (C=O) groups excluding carboxylic acids is 2. The number of nitrogens with one attached hydrogen (secondary N) is 1. The lowest BCUT2D eigenvalue weighted by Gasteiger charge is -2.34. The van der Waals surface area contributed by atoms with Gasteiger partial charge in [0, 0.05) is 22.1 Å². The fraction of sp³-hybridized carbons (Fsp3) is 0.310. The number of rotatable bonds is 12. The molecule has 39 heavy (non-hydrogen) atoms. The Morgan fingerprint density at radius 3 is 2.23 bits per heavy atom. The lowest BCUT2D eigenvalue weighted by Crippen LogP contribution is -2.53. The summed E-state index contributed by atoms with van der Waals surface area (Å²) in [4.78, 5) is 28.8. The number of hydrogen-bond donors (Lipinski definition) is 1. The van der Waals surface area contributed by atoms with Crippen LogP contribution in [0, 0.1) is 0 Å². The normalized spacial score (nSPS) is 12.8. The lowest BCUT2D eigenvalue weighted by atomic mass is 10.1. The highest BCUT2D eigenvalue weighted by molar-refractivity contribution is 9.10. The molecule has 0 aliphatic carbocycles. The van der Waals surface area contributed by atoms with Crippen molar-refractivity contribution in [1.82, 2.24) is 10.2 Å². The Morgan fingerprint density at radius 1 is 0.949 bits per heavy atom. The second kappa shape index (κ2) is 14.0. The molecule has 10 heteroatoms. The molecule has 2 atom stereocenters. The molecule has 7 nitrogen and oxygen atoms in total. The summed E-state index contributed by atoms with van der Waals surface area (Å²) < 4.78 is 29.4. The van der Waals surface area contributed by atoms with Crippen LogP contribution in [0.5, 0.6) is 0 Å². The average molecular weight is 635 g/mol. The first-order valence-corrected chi connectivity index (χ1v) is 15.4. The van der Waals surface area contributed by atoms with E-state index in [-0.39, 0.29) is 23.4 Å². The molecule has 3 rings (SSSR count). The average Bonchev–Trinajstić information content (AvgIpc) is 2.92. The summed E-state index contributed by atoms with van der Waals surface area (Å²) in [6.45, 7) is 5.21. The largest absolute Gasteiger partial charge is 0.352 e. The number of halogens is 2. The number of carbonyl (C=O) groups is 2. The quantitative estimate of drug-likeness (QED) is 0.264. The first-order valence-electron chi connectivity index (χ1n) is 12.7. The molecule has 208 valence electrons. The van der Waals surface area contributed by atoms with Gasteiger partial charge in [-0.05, 0) is 61.7 Å². The molecule has 3 aromatic carbocycles. The van der Waals surface area contributed by atoms with Gasteiger partial charge in [0.2, 0.25) is 11.8 Å². The van der Waals surface area contributed by atoms with Gasteiger partial charge in [-0.25, -0.2) is 8.42 Å². The van der Waals surface area contributed by atoms with Crippen LogP contribution in [0.25, 0.3) is 0 Å². The second-order valence-corrected chi connectivity index (χ2v) is 12.3. The van der Waals surface area contributed by atoms with Crippen molar-refractivity contribution < 1.29 is 18.0 Å². The van der Waals surface area contributed by atoms with Crippen LogP contribution < -0.4 is 9.62 Å². The topological polar surface area (TPSA) is 86.8 Å². The van der Waals surface area contributed by atoms with E-state index < -0.39 is 28.5 Å². The van der Waals surface area contributed by atoms with Crippen molar-refractivity contribution in [3.63, 3.8) is 0 Å². The molecule has 2 amide bonds. The first kappa shape index (κ1) is 30.7. The van der Waals surface area contributed by atoms with Crippen molar-refractivity contribution in [2.45, 2.75) is 57.1 Å². The maximum atomic E-state index is 14.1. The van der Waals surface area contributed by atoms with E-state index >= 15 is 0 Å². The zero-order chi connectivity index (χ0) is 28.6. The minimum absolute atomic E-state index is 0.0443. The molecular weight excluding hydrogens is 602 g/mol. The van der Waals surface area contributed by atoms with Gasteiger partial charge >= 0.3 is 0 Å². The smallest absolute Gasteiger partial charge is 0.264 e. The van der Waals surface area contributed by atoms with Crippen LogP contribution in [0.4, 0.5) is 5.69 Å². The van der Waals surface area contributed by atoms with Crippen molar-refractivity contribution in [2.24, 2.45) is 0 Å². The summed E-state index contributed by atoms with van der Waals surface area (Å²) in [5.74, 6) is -0.826. The van der Waals surface area contributed by atoms with Crippen molar-refractivity contribution >= 4 is 55.1 Å². The molecule has 0 unspecified atom stereocenters. The number of hydrogen-bond acceptors (Lipinski definition) is 4. The third-order valence-electron chi connectivity index (χ3n) is 6.39. The monoisotopic (exact) mass is 633 g/mol. The van der Waals surface area contributed by atoms with Crippen LogP contribution in [0.2, 0.25) is 5.02 Å². The lowest BCUT2D eigenvalue weighted by molar-refractivity contribution is -0.140. The molecule has 0 fully saturated rings. The van der Waals surface area contributed by atoms with Gasteiger partial charge in [-0.2, -0.15) is 0 Å². The summed E-state index contributed by atoms with van der Waals surface area (Å²) in [5, 5.41) is 3.41. The van der Waals surface area contributed by atoms with E-state index in [0.717, 1.165) is 10.7 Å². The van der Waals surface area contributed by atoms with Gasteiger partial charge in [-0.3, -0.25) is 13.9 Å². The van der Waals surface area contributed by atoms with Crippen LogP contribution in [-0.4, -0.2) is 43.8 Å².